The zero-order valence-corrected chi connectivity index (χ0v) is 7.50. The monoisotopic (exact) mass is 211 g/mol. The third kappa shape index (κ3) is 1.49. The van der Waals surface area contributed by atoms with Gasteiger partial charge in [-0.15, -0.1) is 0 Å². The number of carbonyl (C=O) groups excluding carboxylic acids is 1. The first-order valence-electron chi connectivity index (χ1n) is 3.73. The van der Waals surface area contributed by atoms with Crippen LogP contribution in [-0.4, -0.2) is 33.5 Å². The summed E-state index contributed by atoms with van der Waals surface area (Å²) in [6.07, 6.45) is 0. The minimum absolute atomic E-state index is 0.00668. The molecule has 9 heteroatoms. The molecule has 0 saturated carbocycles. The Morgan fingerprint density at radius 3 is 2.80 bits per heavy atom. The predicted octanol–water partition coefficient (Wildman–Crippen LogP) is -0.512. The van der Waals surface area contributed by atoms with Crippen LogP contribution in [0.1, 0.15) is 10.7 Å². The molecule has 0 aliphatic heterocycles. The Morgan fingerprint density at radius 1 is 1.40 bits per heavy atom. The van der Waals surface area contributed by atoms with Gasteiger partial charge >= 0.3 is 11.9 Å². The van der Waals surface area contributed by atoms with E-state index in [-0.39, 0.29) is 23.2 Å². The first kappa shape index (κ1) is 9.12. The zero-order chi connectivity index (χ0) is 10.8. The van der Waals surface area contributed by atoms with E-state index in [0.717, 1.165) is 0 Å². The molecule has 0 aliphatic rings. The van der Waals surface area contributed by atoms with Gasteiger partial charge in [0.05, 0.1) is 7.11 Å². The van der Waals surface area contributed by atoms with Gasteiger partial charge in [-0.05, 0) is 10.3 Å². The van der Waals surface area contributed by atoms with Crippen LogP contribution in [-0.2, 0) is 4.74 Å². The van der Waals surface area contributed by atoms with Crippen molar-refractivity contribution in [3.05, 3.63) is 5.89 Å². The van der Waals surface area contributed by atoms with E-state index in [9.17, 15) is 4.79 Å². The summed E-state index contributed by atoms with van der Waals surface area (Å²) in [6.45, 7) is 0. The normalized spacial score (nSPS) is 10.2. The molecule has 0 aromatic carbocycles. The van der Waals surface area contributed by atoms with Gasteiger partial charge in [-0.25, -0.2) is 9.42 Å². The molecule has 0 saturated heterocycles. The lowest BCUT2D eigenvalue weighted by Gasteiger charge is -1.87. The lowest BCUT2D eigenvalue weighted by atomic mass is 10.4. The Morgan fingerprint density at radius 2 is 2.20 bits per heavy atom. The SMILES string of the molecule is COC(=O)c1nc(-c2nonc2N)no1. The maximum Gasteiger partial charge on any atom is 0.397 e. The number of esters is 1. The van der Waals surface area contributed by atoms with Crippen molar-refractivity contribution in [1.29, 1.82) is 0 Å². The predicted molar refractivity (Wildman–Crippen MR) is 43.3 cm³/mol. The van der Waals surface area contributed by atoms with Crippen molar-refractivity contribution < 1.29 is 18.7 Å². The van der Waals surface area contributed by atoms with E-state index in [1.165, 1.54) is 7.11 Å². The molecule has 0 amide bonds. The molecule has 2 rings (SSSR count). The van der Waals surface area contributed by atoms with Crippen LogP contribution in [0.4, 0.5) is 5.82 Å². The fourth-order valence-electron chi connectivity index (χ4n) is 0.840. The second-order valence-electron chi connectivity index (χ2n) is 2.41. The number of aromatic nitrogens is 4. The van der Waals surface area contributed by atoms with Gasteiger partial charge in [0, 0.05) is 0 Å². The van der Waals surface area contributed by atoms with Crippen molar-refractivity contribution in [3.8, 4) is 11.5 Å². The average Bonchev–Trinajstić information content (AvgIpc) is 2.84. The molecule has 0 radical (unpaired) electrons. The number of nitrogens with two attached hydrogens (primary N) is 1. The van der Waals surface area contributed by atoms with E-state index in [1.54, 1.807) is 0 Å². The summed E-state index contributed by atoms with van der Waals surface area (Å²) in [5.41, 5.74) is 5.49. The molecule has 0 unspecified atom stereocenters. The largest absolute Gasteiger partial charge is 0.462 e. The fourth-order valence-corrected chi connectivity index (χ4v) is 0.840. The van der Waals surface area contributed by atoms with Gasteiger partial charge in [0.25, 0.3) is 0 Å². The molecule has 0 fully saturated rings. The zero-order valence-electron chi connectivity index (χ0n) is 7.50. The van der Waals surface area contributed by atoms with Crippen LogP contribution < -0.4 is 5.73 Å². The van der Waals surface area contributed by atoms with Gasteiger partial charge in [0.15, 0.2) is 11.5 Å². The quantitative estimate of drug-likeness (QED) is 0.652. The molecule has 2 heterocycles. The Hall–Kier alpha value is -2.45. The molecule has 9 nitrogen and oxygen atoms in total. The number of hydrogen-bond donors (Lipinski definition) is 1. The highest BCUT2D eigenvalue weighted by Crippen LogP contribution is 2.18. The van der Waals surface area contributed by atoms with Crippen molar-refractivity contribution in [2.24, 2.45) is 0 Å². The Kier molecular flexibility index (Phi) is 2.04. The summed E-state index contributed by atoms with van der Waals surface area (Å²) in [5.74, 6) is -1.03. The smallest absolute Gasteiger partial charge is 0.397 e. The van der Waals surface area contributed by atoms with Gasteiger partial charge in [-0.3, -0.25) is 0 Å². The molecule has 2 N–H and O–H groups in total. The first-order chi connectivity index (χ1) is 7.22. The van der Waals surface area contributed by atoms with Crippen LogP contribution in [0.25, 0.3) is 11.5 Å². The molecular formula is C6H5N5O4. The highest BCUT2D eigenvalue weighted by Gasteiger charge is 2.20. The number of carbonyl (C=O) groups is 1. The van der Waals surface area contributed by atoms with Crippen LogP contribution in [0, 0.1) is 0 Å². The van der Waals surface area contributed by atoms with Crippen molar-refractivity contribution in [2.45, 2.75) is 0 Å². The highest BCUT2D eigenvalue weighted by molar-refractivity contribution is 5.84. The Balaban J connectivity index is 2.36. The van der Waals surface area contributed by atoms with Crippen LogP contribution in [0.2, 0.25) is 0 Å². The number of anilines is 1. The molecule has 0 bridgehead atoms. The maximum atomic E-state index is 11.0. The Bertz CT molecular complexity index is 489. The van der Waals surface area contributed by atoms with E-state index in [1.807, 2.05) is 0 Å². The molecule has 78 valence electrons. The van der Waals surface area contributed by atoms with Crippen molar-refractivity contribution in [3.63, 3.8) is 0 Å². The lowest BCUT2D eigenvalue weighted by Crippen LogP contribution is -2.01. The molecule has 15 heavy (non-hydrogen) atoms. The van der Waals surface area contributed by atoms with Crippen LogP contribution in [0.3, 0.4) is 0 Å². The molecular weight excluding hydrogens is 206 g/mol. The van der Waals surface area contributed by atoms with Crippen LogP contribution in [0.5, 0.6) is 0 Å². The summed E-state index contributed by atoms with van der Waals surface area (Å²) in [4.78, 5) is 14.7. The second-order valence-corrected chi connectivity index (χ2v) is 2.41. The number of rotatable bonds is 2. The minimum Gasteiger partial charge on any atom is -0.462 e. The van der Waals surface area contributed by atoms with Gasteiger partial charge in [-0.2, -0.15) is 4.98 Å². The van der Waals surface area contributed by atoms with E-state index in [4.69, 9.17) is 5.73 Å². The third-order valence-corrected chi connectivity index (χ3v) is 1.51. The summed E-state index contributed by atoms with van der Waals surface area (Å²) in [7, 11) is 1.19. The standard InChI is InChI=1S/C6H5N5O4/c1-13-6(12)5-8-4(11-14-5)2-3(7)10-15-9-2/h1H3,(H2,7,10). The average molecular weight is 211 g/mol. The van der Waals surface area contributed by atoms with Gasteiger partial charge in [0.2, 0.25) is 5.82 Å². The summed E-state index contributed by atoms with van der Waals surface area (Å²) < 4.78 is 13.3. The summed E-state index contributed by atoms with van der Waals surface area (Å²) in [5, 5.41) is 10.2. The first-order valence-corrected chi connectivity index (χ1v) is 3.73. The summed E-state index contributed by atoms with van der Waals surface area (Å²) in [6, 6.07) is 0. The van der Waals surface area contributed by atoms with Crippen LogP contribution in [0.15, 0.2) is 9.15 Å². The van der Waals surface area contributed by atoms with E-state index < -0.39 is 5.97 Å². The maximum absolute atomic E-state index is 11.0. The number of nitrogens with zero attached hydrogens (tertiary/aromatic N) is 4. The third-order valence-electron chi connectivity index (χ3n) is 1.51. The van der Waals surface area contributed by atoms with Gasteiger partial charge in [-0.1, -0.05) is 5.16 Å². The number of hydrogen-bond acceptors (Lipinski definition) is 9. The van der Waals surface area contributed by atoms with Crippen molar-refractivity contribution >= 4 is 11.8 Å². The summed E-state index contributed by atoms with van der Waals surface area (Å²) >= 11 is 0. The molecule has 0 spiro atoms. The van der Waals surface area contributed by atoms with Crippen molar-refractivity contribution in [1.82, 2.24) is 20.5 Å². The van der Waals surface area contributed by atoms with Gasteiger partial charge < -0.3 is 15.0 Å². The van der Waals surface area contributed by atoms with Crippen LogP contribution >= 0.6 is 0 Å². The molecule has 0 atom stereocenters. The minimum atomic E-state index is -0.747. The number of nitrogen functional groups attached to an aromatic ring is 1. The molecule has 2 aromatic heterocycles. The van der Waals surface area contributed by atoms with Crippen molar-refractivity contribution in [2.75, 3.05) is 12.8 Å². The Labute approximate surface area is 82.2 Å². The number of methoxy groups -OCH3 is 1. The van der Waals surface area contributed by atoms with E-state index >= 15 is 0 Å². The fraction of sp³-hybridized carbons (Fsp3) is 0.167. The van der Waals surface area contributed by atoms with Gasteiger partial charge in [0.1, 0.15) is 0 Å². The molecule has 0 aliphatic carbocycles. The van der Waals surface area contributed by atoms with E-state index in [0.29, 0.717) is 0 Å². The second kappa shape index (κ2) is 3.36. The van der Waals surface area contributed by atoms with E-state index in [2.05, 4.69) is 34.3 Å². The lowest BCUT2D eigenvalue weighted by molar-refractivity contribution is 0.0545. The highest BCUT2D eigenvalue weighted by atomic mass is 16.6. The topological polar surface area (TPSA) is 130 Å². The number of ether oxygens (including phenoxy) is 1. The molecule has 2 aromatic rings.